The van der Waals surface area contributed by atoms with Crippen LogP contribution in [-0.4, -0.2) is 19.1 Å². The molecule has 0 bridgehead atoms. The lowest BCUT2D eigenvalue weighted by molar-refractivity contribution is -0.142. The van der Waals surface area contributed by atoms with Gasteiger partial charge in [-0.25, -0.2) is 0 Å². The molecule has 0 aliphatic rings. The molecule has 0 saturated carbocycles. The minimum Gasteiger partial charge on any atom is -0.468 e. The van der Waals surface area contributed by atoms with Crippen molar-refractivity contribution in [1.82, 2.24) is 0 Å². The molecule has 0 aliphatic heterocycles. The second-order valence-electron chi connectivity index (χ2n) is 3.14. The molecule has 78 valence electrons. The molecule has 0 spiro atoms. The Labute approximate surface area is 88.3 Å². The van der Waals surface area contributed by atoms with Crippen molar-refractivity contribution < 1.29 is 9.53 Å². The molecular formula is C11H12N2O2. The summed E-state index contributed by atoms with van der Waals surface area (Å²) in [4.78, 5) is 11.0. The third-order valence-electron chi connectivity index (χ3n) is 2.04. The summed E-state index contributed by atoms with van der Waals surface area (Å²) < 4.78 is 4.51. The Bertz CT molecular complexity index is 379. The maximum Gasteiger partial charge on any atom is 0.322 e. The molecule has 4 nitrogen and oxygen atoms in total. The van der Waals surface area contributed by atoms with E-state index in [1.54, 1.807) is 24.3 Å². The number of hydrogen-bond acceptors (Lipinski definition) is 4. The molecule has 0 heterocycles. The zero-order valence-electron chi connectivity index (χ0n) is 8.43. The number of rotatable bonds is 3. The smallest absolute Gasteiger partial charge is 0.322 e. The van der Waals surface area contributed by atoms with E-state index < -0.39 is 12.0 Å². The highest BCUT2D eigenvalue weighted by atomic mass is 16.5. The minimum absolute atomic E-state index is 0.415. The number of hydrogen-bond donors (Lipinski definition) is 1. The van der Waals surface area contributed by atoms with E-state index >= 15 is 0 Å². The van der Waals surface area contributed by atoms with Gasteiger partial charge in [0.2, 0.25) is 0 Å². The fourth-order valence-electron chi connectivity index (χ4n) is 1.20. The van der Waals surface area contributed by atoms with Gasteiger partial charge in [-0.05, 0) is 24.1 Å². The van der Waals surface area contributed by atoms with Crippen LogP contribution in [0.4, 0.5) is 0 Å². The molecule has 0 amide bonds. The molecule has 1 atom stereocenters. The molecule has 0 unspecified atom stereocenters. The van der Waals surface area contributed by atoms with Crippen molar-refractivity contribution in [3.8, 4) is 6.07 Å². The molecule has 2 N–H and O–H groups in total. The van der Waals surface area contributed by atoms with Gasteiger partial charge in [-0.3, -0.25) is 4.79 Å². The molecule has 1 aromatic rings. The van der Waals surface area contributed by atoms with Crippen molar-refractivity contribution >= 4 is 5.97 Å². The van der Waals surface area contributed by atoms with Crippen molar-refractivity contribution in [2.24, 2.45) is 5.73 Å². The standard InChI is InChI=1S/C11H12N2O2/c1-15-11(14)10(13)6-8-2-4-9(7-12)5-3-8/h2-5,10H,6,13H2,1H3/t10-/m1/s1. The van der Waals surface area contributed by atoms with Crippen LogP contribution in [0.15, 0.2) is 24.3 Å². The van der Waals surface area contributed by atoms with Gasteiger partial charge in [0.25, 0.3) is 0 Å². The predicted molar refractivity (Wildman–Crippen MR) is 54.9 cm³/mol. The highest BCUT2D eigenvalue weighted by molar-refractivity contribution is 5.75. The van der Waals surface area contributed by atoms with Crippen LogP contribution in [0, 0.1) is 11.3 Å². The second kappa shape index (κ2) is 5.13. The van der Waals surface area contributed by atoms with Crippen molar-refractivity contribution in [2.75, 3.05) is 7.11 Å². The Morgan fingerprint density at radius 1 is 1.53 bits per heavy atom. The van der Waals surface area contributed by atoms with Gasteiger partial charge in [0.15, 0.2) is 0 Å². The second-order valence-corrected chi connectivity index (χ2v) is 3.14. The van der Waals surface area contributed by atoms with Crippen LogP contribution in [0.25, 0.3) is 0 Å². The van der Waals surface area contributed by atoms with Crippen molar-refractivity contribution in [1.29, 1.82) is 5.26 Å². The first-order valence-electron chi connectivity index (χ1n) is 4.50. The van der Waals surface area contributed by atoms with Crippen molar-refractivity contribution in [3.05, 3.63) is 35.4 Å². The normalized spacial score (nSPS) is 11.5. The molecule has 0 aliphatic carbocycles. The molecular weight excluding hydrogens is 192 g/mol. The Morgan fingerprint density at radius 2 is 2.13 bits per heavy atom. The Hall–Kier alpha value is -1.86. The third-order valence-corrected chi connectivity index (χ3v) is 2.04. The van der Waals surface area contributed by atoms with Gasteiger partial charge in [0, 0.05) is 0 Å². The van der Waals surface area contributed by atoms with E-state index in [0.29, 0.717) is 12.0 Å². The monoisotopic (exact) mass is 204 g/mol. The van der Waals surface area contributed by atoms with Crippen LogP contribution in [0.2, 0.25) is 0 Å². The van der Waals surface area contributed by atoms with E-state index in [-0.39, 0.29) is 0 Å². The van der Waals surface area contributed by atoms with Crippen LogP contribution in [0.5, 0.6) is 0 Å². The molecule has 1 rings (SSSR count). The van der Waals surface area contributed by atoms with Crippen LogP contribution >= 0.6 is 0 Å². The zero-order chi connectivity index (χ0) is 11.3. The average Bonchev–Trinajstić information content (AvgIpc) is 2.29. The van der Waals surface area contributed by atoms with E-state index in [9.17, 15) is 4.79 Å². The van der Waals surface area contributed by atoms with Crippen LogP contribution in [0.3, 0.4) is 0 Å². The third kappa shape index (κ3) is 3.08. The largest absolute Gasteiger partial charge is 0.468 e. The van der Waals surface area contributed by atoms with Crippen LogP contribution < -0.4 is 5.73 Å². The molecule has 0 fully saturated rings. The Kier molecular flexibility index (Phi) is 3.83. The summed E-state index contributed by atoms with van der Waals surface area (Å²) in [5.74, 6) is -0.431. The van der Waals surface area contributed by atoms with Gasteiger partial charge < -0.3 is 10.5 Å². The number of carbonyl (C=O) groups excluding carboxylic acids is 1. The maximum atomic E-state index is 11.0. The van der Waals surface area contributed by atoms with Crippen LogP contribution in [-0.2, 0) is 16.0 Å². The number of methoxy groups -OCH3 is 1. The summed E-state index contributed by atoms with van der Waals surface area (Å²) in [5, 5.41) is 8.59. The SMILES string of the molecule is COC(=O)[C@H](N)Cc1ccc(C#N)cc1. The lowest BCUT2D eigenvalue weighted by Crippen LogP contribution is -2.33. The van der Waals surface area contributed by atoms with Gasteiger partial charge in [0.05, 0.1) is 18.7 Å². The number of carbonyl (C=O) groups is 1. The highest BCUT2D eigenvalue weighted by Crippen LogP contribution is 2.06. The van der Waals surface area contributed by atoms with Gasteiger partial charge in [0.1, 0.15) is 6.04 Å². The molecule has 15 heavy (non-hydrogen) atoms. The number of nitriles is 1. The van der Waals surface area contributed by atoms with Crippen LogP contribution in [0.1, 0.15) is 11.1 Å². The van der Waals surface area contributed by atoms with Gasteiger partial charge in [-0.1, -0.05) is 12.1 Å². The van der Waals surface area contributed by atoms with Crippen molar-refractivity contribution in [2.45, 2.75) is 12.5 Å². The summed E-state index contributed by atoms with van der Waals surface area (Å²) in [5.41, 5.74) is 7.09. The highest BCUT2D eigenvalue weighted by Gasteiger charge is 2.13. The fraction of sp³-hybridized carbons (Fsp3) is 0.273. The number of esters is 1. The summed E-state index contributed by atoms with van der Waals surface area (Å²) >= 11 is 0. The summed E-state index contributed by atoms with van der Waals surface area (Å²) in [6.07, 6.45) is 0.415. The number of ether oxygens (including phenoxy) is 1. The molecule has 1 aromatic carbocycles. The first-order chi connectivity index (χ1) is 7.17. The lowest BCUT2D eigenvalue weighted by atomic mass is 10.1. The van der Waals surface area contributed by atoms with E-state index in [4.69, 9.17) is 11.0 Å². The number of benzene rings is 1. The van der Waals surface area contributed by atoms with Gasteiger partial charge >= 0.3 is 5.97 Å². The number of nitrogens with two attached hydrogens (primary N) is 1. The number of nitrogens with zero attached hydrogens (tertiary/aromatic N) is 1. The fourth-order valence-corrected chi connectivity index (χ4v) is 1.20. The summed E-state index contributed by atoms with van der Waals surface area (Å²) in [6, 6.07) is 8.31. The van der Waals surface area contributed by atoms with E-state index in [1.165, 1.54) is 7.11 Å². The zero-order valence-corrected chi connectivity index (χ0v) is 8.43. The topological polar surface area (TPSA) is 76.1 Å². The van der Waals surface area contributed by atoms with Crippen molar-refractivity contribution in [3.63, 3.8) is 0 Å². The molecule has 4 heteroatoms. The predicted octanol–water partition coefficient (Wildman–Crippen LogP) is 0.601. The Morgan fingerprint density at radius 3 is 2.60 bits per heavy atom. The first-order valence-corrected chi connectivity index (χ1v) is 4.50. The maximum absolute atomic E-state index is 11.0. The van der Waals surface area contributed by atoms with E-state index in [1.807, 2.05) is 6.07 Å². The first kappa shape index (κ1) is 11.2. The molecule has 0 saturated heterocycles. The Balaban J connectivity index is 2.66. The molecule has 0 aromatic heterocycles. The molecule has 0 radical (unpaired) electrons. The summed E-state index contributed by atoms with van der Waals surface area (Å²) in [6.45, 7) is 0. The van der Waals surface area contributed by atoms with E-state index in [2.05, 4.69) is 4.74 Å². The van der Waals surface area contributed by atoms with Gasteiger partial charge in [-0.2, -0.15) is 5.26 Å². The van der Waals surface area contributed by atoms with E-state index in [0.717, 1.165) is 5.56 Å². The minimum atomic E-state index is -0.650. The lowest BCUT2D eigenvalue weighted by Gasteiger charge is -2.08. The average molecular weight is 204 g/mol. The summed E-state index contributed by atoms with van der Waals surface area (Å²) in [7, 11) is 1.31. The quantitative estimate of drug-likeness (QED) is 0.731. The van der Waals surface area contributed by atoms with Gasteiger partial charge in [-0.15, -0.1) is 0 Å².